The highest BCUT2D eigenvalue weighted by atomic mass is 35.5. The zero-order chi connectivity index (χ0) is 10.9. The van der Waals surface area contributed by atoms with Crippen LogP contribution in [0.4, 0.5) is 5.69 Å². The molecule has 0 atom stereocenters. The molecule has 1 aromatic carbocycles. The molecule has 1 rings (SSSR count). The second-order valence-electron chi connectivity index (χ2n) is 2.99. The minimum Gasteiger partial charge on any atom is -0.233 e. The fourth-order valence-electron chi connectivity index (χ4n) is 1.04. The SMILES string of the molecule is Cc1cc(Cl)ccc1N(N)S(C)(=O)=O. The number of hydrazine groups is 1. The molecule has 0 spiro atoms. The number of benzene rings is 1. The fourth-order valence-corrected chi connectivity index (χ4v) is 1.83. The van der Waals surface area contributed by atoms with Crippen molar-refractivity contribution in [3.05, 3.63) is 28.8 Å². The second-order valence-corrected chi connectivity index (χ2v) is 5.29. The Labute approximate surface area is 88.3 Å². The van der Waals surface area contributed by atoms with Crippen LogP contribution in [-0.2, 0) is 10.0 Å². The van der Waals surface area contributed by atoms with Gasteiger partial charge in [-0.3, -0.25) is 0 Å². The summed E-state index contributed by atoms with van der Waals surface area (Å²) in [7, 11) is -3.42. The molecule has 0 fully saturated rings. The van der Waals surface area contributed by atoms with Crippen molar-refractivity contribution < 1.29 is 8.42 Å². The fraction of sp³-hybridized carbons (Fsp3) is 0.250. The van der Waals surface area contributed by atoms with E-state index in [-0.39, 0.29) is 0 Å². The first kappa shape index (κ1) is 11.3. The Kier molecular flexibility index (Phi) is 3.04. The number of nitrogens with zero attached hydrogens (tertiary/aromatic N) is 1. The van der Waals surface area contributed by atoms with Gasteiger partial charge < -0.3 is 0 Å². The van der Waals surface area contributed by atoms with Gasteiger partial charge in [-0.05, 0) is 30.7 Å². The van der Waals surface area contributed by atoms with Gasteiger partial charge in [0.25, 0.3) is 0 Å². The van der Waals surface area contributed by atoms with Crippen LogP contribution in [0.1, 0.15) is 5.56 Å². The normalized spacial score (nSPS) is 11.4. The van der Waals surface area contributed by atoms with Crippen LogP contribution in [0.3, 0.4) is 0 Å². The number of anilines is 1. The van der Waals surface area contributed by atoms with Crippen LogP contribution in [0.2, 0.25) is 5.02 Å². The highest BCUT2D eigenvalue weighted by Crippen LogP contribution is 2.22. The smallest absolute Gasteiger partial charge is 0.233 e. The molecule has 0 radical (unpaired) electrons. The lowest BCUT2D eigenvalue weighted by Crippen LogP contribution is -2.36. The van der Waals surface area contributed by atoms with Crippen LogP contribution in [0.5, 0.6) is 0 Å². The molecule has 4 nitrogen and oxygen atoms in total. The van der Waals surface area contributed by atoms with Crippen molar-refractivity contribution in [2.24, 2.45) is 5.84 Å². The predicted octanol–water partition coefficient (Wildman–Crippen LogP) is 1.29. The topological polar surface area (TPSA) is 63.4 Å². The van der Waals surface area contributed by atoms with E-state index in [2.05, 4.69) is 0 Å². The van der Waals surface area contributed by atoms with Gasteiger partial charge in [0, 0.05) is 5.02 Å². The summed E-state index contributed by atoms with van der Waals surface area (Å²) in [5, 5.41) is 0.549. The molecule has 0 aliphatic carbocycles. The summed E-state index contributed by atoms with van der Waals surface area (Å²) in [6.07, 6.45) is 1.04. The minimum absolute atomic E-state index is 0.428. The maximum atomic E-state index is 11.1. The molecule has 78 valence electrons. The van der Waals surface area contributed by atoms with E-state index in [9.17, 15) is 8.42 Å². The van der Waals surface area contributed by atoms with E-state index in [1.165, 1.54) is 0 Å². The van der Waals surface area contributed by atoms with Gasteiger partial charge in [-0.25, -0.2) is 18.7 Å². The van der Waals surface area contributed by atoms with Gasteiger partial charge in [-0.15, -0.1) is 0 Å². The average Bonchev–Trinajstić information content (AvgIpc) is 2.01. The monoisotopic (exact) mass is 234 g/mol. The molecule has 0 aromatic heterocycles. The number of aryl methyl sites for hydroxylation is 1. The number of hydrogen-bond acceptors (Lipinski definition) is 3. The molecule has 14 heavy (non-hydrogen) atoms. The van der Waals surface area contributed by atoms with E-state index in [1.54, 1.807) is 25.1 Å². The van der Waals surface area contributed by atoms with Gasteiger partial charge in [-0.1, -0.05) is 11.6 Å². The van der Waals surface area contributed by atoms with Gasteiger partial charge >= 0.3 is 0 Å². The van der Waals surface area contributed by atoms with Crippen molar-refractivity contribution in [2.75, 3.05) is 10.7 Å². The summed E-state index contributed by atoms with van der Waals surface area (Å²) >= 11 is 5.73. The molecule has 0 aliphatic rings. The van der Waals surface area contributed by atoms with E-state index in [0.29, 0.717) is 16.3 Å². The van der Waals surface area contributed by atoms with Gasteiger partial charge in [-0.2, -0.15) is 0 Å². The van der Waals surface area contributed by atoms with E-state index < -0.39 is 10.0 Å². The maximum absolute atomic E-state index is 11.1. The predicted molar refractivity (Wildman–Crippen MR) is 57.7 cm³/mol. The lowest BCUT2D eigenvalue weighted by atomic mass is 10.2. The maximum Gasteiger partial charge on any atom is 0.245 e. The third-order valence-electron chi connectivity index (χ3n) is 1.75. The molecule has 0 amide bonds. The van der Waals surface area contributed by atoms with Crippen molar-refractivity contribution in [3.8, 4) is 0 Å². The van der Waals surface area contributed by atoms with Crippen molar-refractivity contribution in [2.45, 2.75) is 6.92 Å². The standard InChI is InChI=1S/C8H11ClN2O2S/c1-6-5-7(9)3-4-8(6)11(10)14(2,12)13/h3-5H,10H2,1-2H3. The molecule has 0 saturated heterocycles. The molecule has 0 unspecified atom stereocenters. The number of halogens is 1. The Bertz CT molecular complexity index is 445. The Morgan fingerprint density at radius 3 is 2.43 bits per heavy atom. The van der Waals surface area contributed by atoms with Crippen molar-refractivity contribution in [1.82, 2.24) is 0 Å². The molecule has 0 saturated carbocycles. The second kappa shape index (κ2) is 3.76. The van der Waals surface area contributed by atoms with Crippen LogP contribution < -0.4 is 10.3 Å². The highest BCUT2D eigenvalue weighted by Gasteiger charge is 2.14. The van der Waals surface area contributed by atoms with Gasteiger partial charge in [0.2, 0.25) is 10.0 Å². The molecule has 0 bridgehead atoms. The van der Waals surface area contributed by atoms with E-state index in [1.807, 2.05) is 0 Å². The van der Waals surface area contributed by atoms with Crippen LogP contribution in [0, 0.1) is 6.92 Å². The third-order valence-corrected chi connectivity index (χ3v) is 2.90. The molecule has 1 aromatic rings. The average molecular weight is 235 g/mol. The summed E-state index contributed by atoms with van der Waals surface area (Å²) in [5.74, 6) is 5.43. The van der Waals surface area contributed by atoms with Crippen molar-refractivity contribution in [3.63, 3.8) is 0 Å². The Morgan fingerprint density at radius 1 is 1.43 bits per heavy atom. The zero-order valence-corrected chi connectivity index (χ0v) is 9.43. The zero-order valence-electron chi connectivity index (χ0n) is 7.86. The molecule has 0 heterocycles. The highest BCUT2D eigenvalue weighted by molar-refractivity contribution is 7.92. The largest absolute Gasteiger partial charge is 0.245 e. The van der Waals surface area contributed by atoms with Gasteiger partial charge in [0.15, 0.2) is 0 Å². The number of nitrogens with two attached hydrogens (primary N) is 1. The molecule has 6 heteroatoms. The van der Waals surface area contributed by atoms with Crippen LogP contribution in [-0.4, -0.2) is 14.7 Å². The first-order chi connectivity index (χ1) is 6.32. The first-order valence-electron chi connectivity index (χ1n) is 3.83. The van der Waals surface area contributed by atoms with E-state index in [0.717, 1.165) is 10.7 Å². The number of sulfonamides is 1. The third kappa shape index (κ3) is 2.37. The quantitative estimate of drug-likeness (QED) is 0.620. The van der Waals surface area contributed by atoms with Crippen molar-refractivity contribution in [1.29, 1.82) is 0 Å². The molecule has 2 N–H and O–H groups in total. The van der Waals surface area contributed by atoms with E-state index in [4.69, 9.17) is 17.4 Å². The van der Waals surface area contributed by atoms with Crippen molar-refractivity contribution >= 4 is 27.3 Å². The lowest BCUT2D eigenvalue weighted by Gasteiger charge is -2.17. The summed E-state index contributed by atoms with van der Waals surface area (Å²) in [5.41, 5.74) is 1.14. The Morgan fingerprint density at radius 2 is 2.00 bits per heavy atom. The first-order valence-corrected chi connectivity index (χ1v) is 6.06. The summed E-state index contributed by atoms with van der Waals surface area (Å²) in [6.45, 7) is 1.74. The number of hydrogen-bond donors (Lipinski definition) is 1. The van der Waals surface area contributed by atoms with Crippen LogP contribution in [0.25, 0.3) is 0 Å². The van der Waals surface area contributed by atoms with Crippen LogP contribution in [0.15, 0.2) is 18.2 Å². The molecular weight excluding hydrogens is 224 g/mol. The summed E-state index contributed by atoms with van der Waals surface area (Å²) in [4.78, 5) is 0. The number of rotatable bonds is 2. The van der Waals surface area contributed by atoms with Gasteiger partial charge in [0.1, 0.15) is 0 Å². The molecular formula is C8H11ClN2O2S. The van der Waals surface area contributed by atoms with E-state index >= 15 is 0 Å². The Hall–Kier alpha value is -0.780. The lowest BCUT2D eigenvalue weighted by molar-refractivity contribution is 0.598. The Balaban J connectivity index is 3.21. The van der Waals surface area contributed by atoms with Crippen LogP contribution >= 0.6 is 11.6 Å². The van der Waals surface area contributed by atoms with Gasteiger partial charge in [0.05, 0.1) is 11.9 Å². The molecule has 0 aliphatic heterocycles. The summed E-state index contributed by atoms with van der Waals surface area (Å²) in [6, 6.07) is 4.82. The minimum atomic E-state index is -3.42. The summed E-state index contributed by atoms with van der Waals surface area (Å²) < 4.78 is 23.0.